The topological polar surface area (TPSA) is 37.8 Å². The summed E-state index contributed by atoms with van der Waals surface area (Å²) >= 11 is 0. The molecule has 1 N–H and O–H groups in total. The van der Waals surface area contributed by atoms with Crippen LogP contribution in [0.1, 0.15) is 30.4 Å². The number of aromatic nitrogens is 2. The van der Waals surface area contributed by atoms with Gasteiger partial charge in [-0.2, -0.15) is 0 Å². The molecule has 1 aromatic heterocycles. The molecule has 0 aliphatic heterocycles. The summed E-state index contributed by atoms with van der Waals surface area (Å²) in [4.78, 5) is 8.47. The third-order valence-corrected chi connectivity index (χ3v) is 2.16. The van der Waals surface area contributed by atoms with Crippen molar-refractivity contribution < 1.29 is 0 Å². The molecule has 3 heteroatoms. The van der Waals surface area contributed by atoms with E-state index >= 15 is 0 Å². The van der Waals surface area contributed by atoms with Gasteiger partial charge in [-0.3, -0.25) is 0 Å². The van der Waals surface area contributed by atoms with Crippen LogP contribution in [0.5, 0.6) is 0 Å². The number of nitrogens with zero attached hydrogens (tertiary/aromatic N) is 2. The first kappa shape index (κ1) is 10.9. The summed E-state index contributed by atoms with van der Waals surface area (Å²) in [5.41, 5.74) is 1.06. The zero-order valence-electron chi connectivity index (χ0n) is 8.83. The van der Waals surface area contributed by atoms with E-state index in [-0.39, 0.29) is 0 Å². The van der Waals surface area contributed by atoms with Crippen LogP contribution < -0.4 is 5.32 Å². The summed E-state index contributed by atoms with van der Waals surface area (Å²) in [6.45, 7) is 5.62. The van der Waals surface area contributed by atoms with Crippen LogP contribution in [-0.4, -0.2) is 17.0 Å². The van der Waals surface area contributed by atoms with Gasteiger partial charge in [0.1, 0.15) is 5.82 Å². The standard InChI is InChI=1S/C11H17N3/c1-4-5-6-10(12-3)11-7-8-13-9(2)14-11/h4,7-8,10,12H,1,5-6H2,2-3H3. The minimum Gasteiger partial charge on any atom is -0.312 e. The van der Waals surface area contributed by atoms with Crippen molar-refractivity contribution in [3.05, 3.63) is 36.4 Å². The Labute approximate surface area is 85.3 Å². The molecule has 0 fully saturated rings. The van der Waals surface area contributed by atoms with E-state index in [9.17, 15) is 0 Å². The quantitative estimate of drug-likeness (QED) is 0.723. The first-order chi connectivity index (χ1) is 6.77. The fourth-order valence-corrected chi connectivity index (χ4v) is 1.39. The maximum atomic E-state index is 4.39. The third kappa shape index (κ3) is 2.92. The molecule has 0 aromatic carbocycles. The van der Waals surface area contributed by atoms with Gasteiger partial charge in [-0.25, -0.2) is 9.97 Å². The number of allylic oxidation sites excluding steroid dienone is 1. The van der Waals surface area contributed by atoms with E-state index < -0.39 is 0 Å². The van der Waals surface area contributed by atoms with Gasteiger partial charge in [0.15, 0.2) is 0 Å². The Bertz CT molecular complexity index is 296. The molecule has 1 heterocycles. The minimum absolute atomic E-state index is 0.301. The number of hydrogen-bond acceptors (Lipinski definition) is 3. The Morgan fingerprint density at radius 3 is 3.00 bits per heavy atom. The minimum atomic E-state index is 0.301. The lowest BCUT2D eigenvalue weighted by molar-refractivity contribution is 0.538. The van der Waals surface area contributed by atoms with Crippen LogP contribution in [0.15, 0.2) is 24.9 Å². The van der Waals surface area contributed by atoms with Gasteiger partial charge >= 0.3 is 0 Å². The fourth-order valence-electron chi connectivity index (χ4n) is 1.39. The van der Waals surface area contributed by atoms with Gasteiger partial charge in [-0.1, -0.05) is 6.08 Å². The van der Waals surface area contributed by atoms with E-state index in [0.717, 1.165) is 24.4 Å². The van der Waals surface area contributed by atoms with Crippen LogP contribution in [0.4, 0.5) is 0 Å². The second-order valence-electron chi connectivity index (χ2n) is 3.24. The van der Waals surface area contributed by atoms with Crippen LogP contribution >= 0.6 is 0 Å². The number of hydrogen-bond donors (Lipinski definition) is 1. The van der Waals surface area contributed by atoms with Gasteiger partial charge in [-0.05, 0) is 32.9 Å². The van der Waals surface area contributed by atoms with Crippen molar-refractivity contribution in [3.63, 3.8) is 0 Å². The first-order valence-electron chi connectivity index (χ1n) is 4.85. The molecule has 3 nitrogen and oxygen atoms in total. The molecule has 0 amide bonds. The predicted molar refractivity (Wildman–Crippen MR) is 58.0 cm³/mol. The molecule has 1 atom stereocenters. The second kappa shape index (κ2) is 5.50. The van der Waals surface area contributed by atoms with Gasteiger partial charge < -0.3 is 5.32 Å². The van der Waals surface area contributed by atoms with E-state index in [1.54, 1.807) is 6.20 Å². The van der Waals surface area contributed by atoms with E-state index in [4.69, 9.17) is 0 Å². The average Bonchev–Trinajstić information content (AvgIpc) is 2.19. The zero-order chi connectivity index (χ0) is 10.4. The van der Waals surface area contributed by atoms with Crippen LogP contribution in [-0.2, 0) is 0 Å². The average molecular weight is 191 g/mol. The predicted octanol–water partition coefficient (Wildman–Crippen LogP) is 2.01. The lowest BCUT2D eigenvalue weighted by atomic mass is 10.1. The molecule has 14 heavy (non-hydrogen) atoms. The lowest BCUT2D eigenvalue weighted by Crippen LogP contribution is -2.17. The maximum Gasteiger partial charge on any atom is 0.125 e. The number of rotatable bonds is 5. The fraction of sp³-hybridized carbons (Fsp3) is 0.455. The molecule has 0 saturated heterocycles. The van der Waals surface area contributed by atoms with Gasteiger partial charge in [-0.15, -0.1) is 6.58 Å². The van der Waals surface area contributed by atoms with E-state index in [0.29, 0.717) is 6.04 Å². The van der Waals surface area contributed by atoms with Crippen molar-refractivity contribution >= 4 is 0 Å². The summed E-state index contributed by atoms with van der Waals surface area (Å²) < 4.78 is 0. The van der Waals surface area contributed by atoms with Gasteiger partial charge in [0, 0.05) is 12.2 Å². The molecule has 0 saturated carbocycles. The Hall–Kier alpha value is -1.22. The summed E-state index contributed by atoms with van der Waals surface area (Å²) in [5, 5.41) is 3.24. The second-order valence-corrected chi connectivity index (χ2v) is 3.24. The molecule has 1 unspecified atom stereocenters. The van der Waals surface area contributed by atoms with Crippen LogP contribution in [0.25, 0.3) is 0 Å². The summed E-state index contributed by atoms with van der Waals surface area (Å²) in [7, 11) is 1.95. The van der Waals surface area contributed by atoms with Gasteiger partial charge in [0.2, 0.25) is 0 Å². The van der Waals surface area contributed by atoms with E-state index in [1.165, 1.54) is 0 Å². The van der Waals surface area contributed by atoms with Crippen LogP contribution in [0.3, 0.4) is 0 Å². The van der Waals surface area contributed by atoms with Crippen molar-refractivity contribution in [2.45, 2.75) is 25.8 Å². The Morgan fingerprint density at radius 1 is 1.64 bits per heavy atom. The van der Waals surface area contributed by atoms with E-state index in [2.05, 4.69) is 21.9 Å². The Balaban J connectivity index is 2.72. The monoisotopic (exact) mass is 191 g/mol. The third-order valence-electron chi connectivity index (χ3n) is 2.16. The molecule has 1 aromatic rings. The molecule has 0 aliphatic carbocycles. The molecular formula is C11H17N3. The summed E-state index contributed by atoms with van der Waals surface area (Å²) in [6.07, 6.45) is 5.75. The molecule has 0 bridgehead atoms. The molecular weight excluding hydrogens is 174 g/mol. The van der Waals surface area contributed by atoms with Crippen LogP contribution in [0, 0.1) is 6.92 Å². The molecule has 76 valence electrons. The van der Waals surface area contributed by atoms with Crippen LogP contribution in [0.2, 0.25) is 0 Å². The molecule has 1 rings (SSSR count). The normalized spacial score (nSPS) is 12.4. The lowest BCUT2D eigenvalue weighted by Gasteiger charge is -2.14. The molecule has 0 radical (unpaired) electrons. The summed E-state index contributed by atoms with van der Waals surface area (Å²) in [6, 6.07) is 2.26. The van der Waals surface area contributed by atoms with Crippen molar-refractivity contribution in [1.29, 1.82) is 0 Å². The highest BCUT2D eigenvalue weighted by Crippen LogP contribution is 2.15. The van der Waals surface area contributed by atoms with Gasteiger partial charge in [0.05, 0.1) is 5.69 Å². The summed E-state index contributed by atoms with van der Waals surface area (Å²) in [5.74, 6) is 0.821. The van der Waals surface area contributed by atoms with Crippen molar-refractivity contribution in [3.8, 4) is 0 Å². The zero-order valence-corrected chi connectivity index (χ0v) is 8.83. The maximum absolute atomic E-state index is 4.39. The highest BCUT2D eigenvalue weighted by atomic mass is 14.9. The number of aryl methyl sites for hydroxylation is 1. The van der Waals surface area contributed by atoms with Crippen molar-refractivity contribution in [2.75, 3.05) is 7.05 Å². The van der Waals surface area contributed by atoms with E-state index in [1.807, 2.05) is 26.1 Å². The highest BCUT2D eigenvalue weighted by Gasteiger charge is 2.09. The van der Waals surface area contributed by atoms with Crippen molar-refractivity contribution in [1.82, 2.24) is 15.3 Å². The Kier molecular flexibility index (Phi) is 4.26. The molecule has 0 spiro atoms. The van der Waals surface area contributed by atoms with Gasteiger partial charge in [0.25, 0.3) is 0 Å². The SMILES string of the molecule is C=CCCC(NC)c1ccnc(C)n1. The largest absolute Gasteiger partial charge is 0.312 e. The highest BCUT2D eigenvalue weighted by molar-refractivity contribution is 5.07. The first-order valence-corrected chi connectivity index (χ1v) is 4.85. The smallest absolute Gasteiger partial charge is 0.125 e. The Morgan fingerprint density at radius 2 is 2.43 bits per heavy atom. The number of nitrogens with one attached hydrogen (secondary N) is 1. The molecule has 0 aliphatic rings. The van der Waals surface area contributed by atoms with Crippen molar-refractivity contribution in [2.24, 2.45) is 0 Å².